The van der Waals surface area contributed by atoms with Crippen LogP contribution in [0.2, 0.25) is 0 Å². The number of aromatic nitrogens is 2. The van der Waals surface area contributed by atoms with Crippen LogP contribution in [-0.2, 0) is 0 Å². The Balaban J connectivity index is 1.93. The standard InChI is InChI=1S/C17H16N4/c1-12-5-6-16-15(8-12)17(9-13(2)20-16)21-19-11-14-4-3-7-18-10-14/h3-11H,1-2H3,(H,20,21). The van der Waals surface area contributed by atoms with E-state index in [4.69, 9.17) is 0 Å². The lowest BCUT2D eigenvalue weighted by atomic mass is 10.1. The van der Waals surface area contributed by atoms with Gasteiger partial charge < -0.3 is 0 Å². The van der Waals surface area contributed by atoms with E-state index in [0.29, 0.717) is 0 Å². The predicted molar refractivity (Wildman–Crippen MR) is 86.7 cm³/mol. The topological polar surface area (TPSA) is 50.2 Å². The summed E-state index contributed by atoms with van der Waals surface area (Å²) in [5, 5.41) is 5.36. The fraction of sp³-hybridized carbons (Fsp3) is 0.118. The second kappa shape index (κ2) is 5.71. The second-order valence-electron chi connectivity index (χ2n) is 4.99. The molecule has 2 aromatic heterocycles. The summed E-state index contributed by atoms with van der Waals surface area (Å²) in [5.74, 6) is 0. The summed E-state index contributed by atoms with van der Waals surface area (Å²) in [7, 11) is 0. The second-order valence-corrected chi connectivity index (χ2v) is 4.99. The predicted octanol–water partition coefficient (Wildman–Crippen LogP) is 3.69. The van der Waals surface area contributed by atoms with Gasteiger partial charge in [-0.05, 0) is 38.1 Å². The third kappa shape index (κ3) is 3.05. The molecule has 0 bridgehead atoms. The van der Waals surface area contributed by atoms with Gasteiger partial charge in [0.25, 0.3) is 0 Å². The zero-order valence-electron chi connectivity index (χ0n) is 12.0. The van der Waals surface area contributed by atoms with Crippen LogP contribution in [-0.4, -0.2) is 16.2 Å². The molecule has 0 atom stereocenters. The van der Waals surface area contributed by atoms with E-state index in [1.54, 1.807) is 18.6 Å². The summed E-state index contributed by atoms with van der Waals surface area (Å²) in [6.07, 6.45) is 5.27. The number of hydrogen-bond donors (Lipinski definition) is 1. The van der Waals surface area contributed by atoms with Crippen molar-refractivity contribution in [2.24, 2.45) is 5.10 Å². The highest BCUT2D eigenvalue weighted by Crippen LogP contribution is 2.24. The Hall–Kier alpha value is -2.75. The van der Waals surface area contributed by atoms with Gasteiger partial charge in [-0.15, -0.1) is 0 Å². The molecule has 0 aliphatic heterocycles. The van der Waals surface area contributed by atoms with E-state index in [2.05, 4.69) is 39.6 Å². The van der Waals surface area contributed by atoms with Crippen molar-refractivity contribution < 1.29 is 0 Å². The largest absolute Gasteiger partial charge is 0.278 e. The van der Waals surface area contributed by atoms with Crippen molar-refractivity contribution in [2.45, 2.75) is 13.8 Å². The molecule has 0 unspecified atom stereocenters. The maximum atomic E-state index is 4.54. The van der Waals surface area contributed by atoms with E-state index in [1.807, 2.05) is 31.2 Å². The van der Waals surface area contributed by atoms with E-state index in [1.165, 1.54) is 5.56 Å². The van der Waals surface area contributed by atoms with Crippen LogP contribution in [0.3, 0.4) is 0 Å². The highest BCUT2D eigenvalue weighted by atomic mass is 15.3. The lowest BCUT2D eigenvalue weighted by Crippen LogP contribution is -1.95. The molecule has 2 heterocycles. The summed E-state index contributed by atoms with van der Waals surface area (Å²) in [4.78, 5) is 8.60. The first-order valence-electron chi connectivity index (χ1n) is 6.79. The maximum absolute atomic E-state index is 4.54. The molecule has 3 aromatic rings. The van der Waals surface area contributed by atoms with E-state index < -0.39 is 0 Å². The normalized spacial score (nSPS) is 11.1. The quantitative estimate of drug-likeness (QED) is 0.586. The van der Waals surface area contributed by atoms with Crippen molar-refractivity contribution in [3.05, 3.63) is 65.6 Å². The molecule has 0 saturated carbocycles. The molecule has 1 N–H and O–H groups in total. The van der Waals surface area contributed by atoms with Gasteiger partial charge in [-0.2, -0.15) is 5.10 Å². The minimum Gasteiger partial charge on any atom is -0.278 e. The Morgan fingerprint density at radius 2 is 2.05 bits per heavy atom. The van der Waals surface area contributed by atoms with Crippen LogP contribution in [0.4, 0.5) is 5.69 Å². The lowest BCUT2D eigenvalue weighted by Gasteiger charge is -2.08. The van der Waals surface area contributed by atoms with Crippen molar-refractivity contribution in [1.29, 1.82) is 0 Å². The molecule has 21 heavy (non-hydrogen) atoms. The van der Waals surface area contributed by atoms with Gasteiger partial charge in [0.05, 0.1) is 17.4 Å². The first-order valence-corrected chi connectivity index (χ1v) is 6.79. The van der Waals surface area contributed by atoms with Gasteiger partial charge in [-0.1, -0.05) is 17.7 Å². The minimum atomic E-state index is 0.955. The first kappa shape index (κ1) is 13.2. The zero-order chi connectivity index (χ0) is 14.7. The molecule has 0 aliphatic carbocycles. The number of hydrogen-bond acceptors (Lipinski definition) is 4. The van der Waals surface area contributed by atoms with Crippen LogP contribution in [0.1, 0.15) is 16.8 Å². The fourth-order valence-corrected chi connectivity index (χ4v) is 2.19. The number of anilines is 1. The number of benzene rings is 1. The lowest BCUT2D eigenvalue weighted by molar-refractivity contribution is 1.23. The minimum absolute atomic E-state index is 0.955. The molecule has 4 heteroatoms. The van der Waals surface area contributed by atoms with E-state index in [-0.39, 0.29) is 0 Å². The van der Waals surface area contributed by atoms with Crippen LogP contribution in [0.25, 0.3) is 10.9 Å². The molecular formula is C17H16N4. The molecule has 0 saturated heterocycles. The number of fused-ring (bicyclic) bond motifs is 1. The highest BCUT2D eigenvalue weighted by Gasteiger charge is 2.03. The smallest absolute Gasteiger partial charge is 0.0726 e. The molecule has 3 rings (SSSR count). The Labute approximate surface area is 123 Å². The number of aryl methyl sites for hydroxylation is 2. The van der Waals surface area contributed by atoms with E-state index in [9.17, 15) is 0 Å². The van der Waals surface area contributed by atoms with Crippen LogP contribution in [0.5, 0.6) is 0 Å². The molecule has 0 amide bonds. The SMILES string of the molecule is Cc1ccc2nc(C)cc(NN=Cc3cccnc3)c2c1. The maximum Gasteiger partial charge on any atom is 0.0726 e. The van der Waals surface area contributed by atoms with E-state index in [0.717, 1.165) is 27.8 Å². The number of nitrogens with one attached hydrogen (secondary N) is 1. The van der Waals surface area contributed by atoms with Gasteiger partial charge in [-0.3, -0.25) is 15.4 Å². The van der Waals surface area contributed by atoms with Crippen molar-refractivity contribution in [3.63, 3.8) is 0 Å². The monoisotopic (exact) mass is 276 g/mol. The van der Waals surface area contributed by atoms with Gasteiger partial charge >= 0.3 is 0 Å². The van der Waals surface area contributed by atoms with Crippen LogP contribution < -0.4 is 5.43 Å². The average Bonchev–Trinajstić information content (AvgIpc) is 2.49. The van der Waals surface area contributed by atoms with Gasteiger partial charge in [0.15, 0.2) is 0 Å². The molecule has 0 aliphatic rings. The number of hydrazone groups is 1. The summed E-state index contributed by atoms with van der Waals surface area (Å²) in [5.41, 5.74) is 8.16. The molecule has 1 aromatic carbocycles. The number of nitrogens with zero attached hydrogens (tertiary/aromatic N) is 3. The van der Waals surface area contributed by atoms with Gasteiger partial charge in [0, 0.05) is 29.0 Å². The molecule has 0 radical (unpaired) electrons. The van der Waals surface area contributed by atoms with Crippen LogP contribution >= 0.6 is 0 Å². The van der Waals surface area contributed by atoms with Crippen molar-refractivity contribution in [1.82, 2.24) is 9.97 Å². The molecule has 4 nitrogen and oxygen atoms in total. The third-order valence-electron chi connectivity index (χ3n) is 3.18. The summed E-state index contributed by atoms with van der Waals surface area (Å²) in [6.45, 7) is 4.05. The Morgan fingerprint density at radius 3 is 2.86 bits per heavy atom. The molecule has 104 valence electrons. The molecule has 0 fully saturated rings. The van der Waals surface area contributed by atoms with Crippen molar-refractivity contribution in [3.8, 4) is 0 Å². The number of pyridine rings is 2. The van der Waals surface area contributed by atoms with Crippen LogP contribution in [0, 0.1) is 13.8 Å². The summed E-state index contributed by atoms with van der Waals surface area (Å²) >= 11 is 0. The average molecular weight is 276 g/mol. The highest BCUT2D eigenvalue weighted by molar-refractivity contribution is 5.92. The van der Waals surface area contributed by atoms with Gasteiger partial charge in [0.2, 0.25) is 0 Å². The van der Waals surface area contributed by atoms with E-state index >= 15 is 0 Å². The van der Waals surface area contributed by atoms with Crippen molar-refractivity contribution >= 4 is 22.8 Å². The third-order valence-corrected chi connectivity index (χ3v) is 3.18. The molecular weight excluding hydrogens is 260 g/mol. The summed E-state index contributed by atoms with van der Waals surface area (Å²) in [6, 6.07) is 12.1. The Kier molecular flexibility index (Phi) is 3.60. The zero-order valence-corrected chi connectivity index (χ0v) is 12.0. The fourth-order valence-electron chi connectivity index (χ4n) is 2.19. The van der Waals surface area contributed by atoms with Crippen molar-refractivity contribution in [2.75, 3.05) is 5.43 Å². The van der Waals surface area contributed by atoms with Gasteiger partial charge in [-0.25, -0.2) is 0 Å². The molecule has 0 spiro atoms. The van der Waals surface area contributed by atoms with Crippen LogP contribution in [0.15, 0.2) is 53.9 Å². The first-order chi connectivity index (χ1) is 10.2. The Morgan fingerprint density at radius 1 is 1.14 bits per heavy atom. The van der Waals surface area contributed by atoms with Gasteiger partial charge in [0.1, 0.15) is 0 Å². The summed E-state index contributed by atoms with van der Waals surface area (Å²) < 4.78 is 0. The Bertz CT molecular complexity index is 794. The number of rotatable bonds is 3.